The zero-order valence-electron chi connectivity index (χ0n) is 19.5. The fourth-order valence-corrected chi connectivity index (χ4v) is 11.9. The summed E-state index contributed by atoms with van der Waals surface area (Å²) in [5.74, 6) is -0.725. The van der Waals surface area contributed by atoms with Gasteiger partial charge in [-0.05, 0) is 61.1 Å². The maximum absolute atomic E-state index is 13.8. The second kappa shape index (κ2) is 10.5. The van der Waals surface area contributed by atoms with Gasteiger partial charge in [-0.2, -0.15) is 0 Å². The molecule has 174 valence electrons. The molecule has 0 bridgehead atoms. The zero-order valence-corrected chi connectivity index (χ0v) is 20.5. The van der Waals surface area contributed by atoms with Gasteiger partial charge in [0, 0.05) is 0 Å². The Morgan fingerprint density at radius 3 is 2.03 bits per heavy atom. The molecule has 2 aliphatic rings. The Kier molecular flexibility index (Phi) is 7.70. The number of halogens is 2. The Balaban J connectivity index is 1.36. The number of aromatic hydroxyl groups is 1. The summed E-state index contributed by atoms with van der Waals surface area (Å²) in [6.45, 7) is 2.30. The van der Waals surface area contributed by atoms with Crippen LogP contribution in [-0.4, -0.2) is 13.2 Å². The molecule has 1 N–H and O–H groups in total. The molecule has 1 saturated heterocycles. The molecule has 1 aliphatic carbocycles. The molecule has 2 aromatic rings. The molecule has 2 fully saturated rings. The fourth-order valence-electron chi connectivity index (χ4n) is 6.60. The van der Waals surface area contributed by atoms with Gasteiger partial charge in [-0.3, -0.25) is 0 Å². The van der Waals surface area contributed by atoms with Crippen LogP contribution in [0.3, 0.4) is 0 Å². The van der Waals surface area contributed by atoms with Gasteiger partial charge in [0.25, 0.3) is 0 Å². The highest BCUT2D eigenvalue weighted by molar-refractivity contribution is 6.92. The molecule has 32 heavy (non-hydrogen) atoms. The predicted octanol–water partition coefficient (Wildman–Crippen LogP) is 7.90. The average Bonchev–Trinajstić information content (AvgIpc) is 2.83. The van der Waals surface area contributed by atoms with Gasteiger partial charge in [0.05, 0.1) is 8.07 Å². The Morgan fingerprint density at radius 1 is 0.844 bits per heavy atom. The Bertz CT molecular complexity index is 845. The van der Waals surface area contributed by atoms with Crippen molar-refractivity contribution < 1.29 is 13.9 Å². The molecule has 0 spiro atoms. The van der Waals surface area contributed by atoms with Crippen LogP contribution in [0.1, 0.15) is 76.2 Å². The fraction of sp³-hybridized carbons (Fsp3) is 0.571. The van der Waals surface area contributed by atoms with Crippen molar-refractivity contribution in [1.82, 2.24) is 0 Å². The number of benzene rings is 2. The third kappa shape index (κ3) is 5.11. The quantitative estimate of drug-likeness (QED) is 0.332. The van der Waals surface area contributed by atoms with Crippen LogP contribution < -0.4 is 5.19 Å². The van der Waals surface area contributed by atoms with Crippen molar-refractivity contribution in [2.24, 2.45) is 11.8 Å². The van der Waals surface area contributed by atoms with Crippen molar-refractivity contribution in [1.29, 1.82) is 0 Å². The topological polar surface area (TPSA) is 20.2 Å². The van der Waals surface area contributed by atoms with Crippen LogP contribution in [0, 0.1) is 23.5 Å². The summed E-state index contributed by atoms with van der Waals surface area (Å²) >= 11 is 0. The van der Waals surface area contributed by atoms with Gasteiger partial charge < -0.3 is 5.11 Å². The Morgan fingerprint density at radius 2 is 1.44 bits per heavy atom. The van der Waals surface area contributed by atoms with E-state index in [1.54, 1.807) is 5.19 Å². The van der Waals surface area contributed by atoms with Crippen LogP contribution in [0.2, 0.25) is 18.1 Å². The van der Waals surface area contributed by atoms with Gasteiger partial charge in [-0.1, -0.05) is 92.7 Å². The SMILES string of the molecule is CCCCC[Si]1(c2ccccc2)CCC(C2CCC(c3cc(F)c(O)c(F)c3)CC2)CC1. The zero-order chi connectivity index (χ0) is 22.6. The molecule has 0 aromatic heterocycles. The lowest BCUT2D eigenvalue weighted by atomic mass is 9.72. The van der Waals surface area contributed by atoms with Gasteiger partial charge in [0.1, 0.15) is 0 Å². The molecule has 0 atom stereocenters. The molecule has 0 radical (unpaired) electrons. The minimum absolute atomic E-state index is 0.214. The van der Waals surface area contributed by atoms with Crippen LogP contribution in [0.25, 0.3) is 0 Å². The lowest BCUT2D eigenvalue weighted by Gasteiger charge is -2.43. The molecular formula is C28H38F2OSi. The lowest BCUT2D eigenvalue weighted by molar-refractivity contribution is 0.215. The Hall–Kier alpha value is -1.68. The molecule has 1 heterocycles. The van der Waals surface area contributed by atoms with Crippen molar-refractivity contribution in [3.8, 4) is 5.75 Å². The predicted molar refractivity (Wildman–Crippen MR) is 131 cm³/mol. The number of unbranched alkanes of at least 4 members (excludes halogenated alkanes) is 2. The van der Waals surface area contributed by atoms with E-state index in [4.69, 9.17) is 0 Å². The summed E-state index contributed by atoms with van der Waals surface area (Å²) in [5, 5.41) is 11.1. The Labute approximate surface area is 193 Å². The number of phenols is 1. The van der Waals surface area contributed by atoms with Crippen molar-refractivity contribution in [2.45, 2.75) is 88.8 Å². The molecule has 1 nitrogen and oxygen atoms in total. The highest BCUT2D eigenvalue weighted by Gasteiger charge is 2.41. The van der Waals surface area contributed by atoms with Gasteiger partial charge in [-0.15, -0.1) is 0 Å². The molecule has 0 amide bonds. The second-order valence-electron chi connectivity index (χ2n) is 10.4. The molecule has 1 saturated carbocycles. The monoisotopic (exact) mass is 456 g/mol. The molecule has 1 aliphatic heterocycles. The van der Waals surface area contributed by atoms with Gasteiger partial charge in [0.2, 0.25) is 0 Å². The number of hydrogen-bond donors (Lipinski definition) is 1. The molecule has 0 unspecified atom stereocenters. The summed E-state index contributed by atoms with van der Waals surface area (Å²) in [6, 6.07) is 18.4. The number of hydrogen-bond acceptors (Lipinski definition) is 1. The minimum Gasteiger partial charge on any atom is -0.503 e. The smallest absolute Gasteiger partial charge is 0.187 e. The number of rotatable bonds is 7. The van der Waals surface area contributed by atoms with Crippen molar-refractivity contribution in [3.05, 3.63) is 59.7 Å². The highest BCUT2D eigenvalue weighted by atomic mass is 28.3. The molecule has 2 aromatic carbocycles. The first kappa shape index (κ1) is 23.5. The summed E-state index contributed by atoms with van der Waals surface area (Å²) in [7, 11) is -1.39. The maximum Gasteiger partial charge on any atom is 0.187 e. The van der Waals surface area contributed by atoms with Gasteiger partial charge >= 0.3 is 0 Å². The standard InChI is InChI=1S/C28H38F2OSi/c1-2-3-7-16-32(25-8-5-4-6-9-25)17-14-23(15-18-32)21-10-12-22(13-11-21)24-19-26(29)28(31)27(30)20-24/h4-6,8-9,19-23,31H,2-3,7,10-18H2,1H3. The third-order valence-electron chi connectivity index (χ3n) is 8.58. The first-order valence-electron chi connectivity index (χ1n) is 12.8. The van der Waals surface area contributed by atoms with Crippen LogP contribution in [0.5, 0.6) is 5.75 Å². The normalized spacial score (nSPS) is 28.5. The van der Waals surface area contributed by atoms with E-state index in [-0.39, 0.29) is 5.92 Å². The highest BCUT2D eigenvalue weighted by Crippen LogP contribution is 2.46. The van der Waals surface area contributed by atoms with Crippen LogP contribution >= 0.6 is 0 Å². The molecule has 4 rings (SSSR count). The first-order chi connectivity index (χ1) is 15.5. The van der Waals surface area contributed by atoms with Gasteiger partial charge in [-0.25, -0.2) is 8.78 Å². The van der Waals surface area contributed by atoms with E-state index in [1.807, 2.05) is 0 Å². The van der Waals surface area contributed by atoms with E-state index >= 15 is 0 Å². The summed E-state index contributed by atoms with van der Waals surface area (Å²) < 4.78 is 27.6. The van der Waals surface area contributed by atoms with Gasteiger partial charge in [0.15, 0.2) is 17.4 Å². The van der Waals surface area contributed by atoms with Crippen LogP contribution in [0.15, 0.2) is 42.5 Å². The van der Waals surface area contributed by atoms with Crippen LogP contribution in [0.4, 0.5) is 8.78 Å². The van der Waals surface area contributed by atoms with Crippen LogP contribution in [-0.2, 0) is 0 Å². The summed E-state index contributed by atoms with van der Waals surface area (Å²) in [6.07, 6.45) is 11.1. The van der Waals surface area contributed by atoms with Crippen molar-refractivity contribution in [2.75, 3.05) is 0 Å². The lowest BCUT2D eigenvalue weighted by Crippen LogP contribution is -2.50. The molecular weight excluding hydrogens is 418 g/mol. The summed E-state index contributed by atoms with van der Waals surface area (Å²) in [4.78, 5) is 0. The number of phenolic OH excluding ortho intramolecular Hbond substituents is 1. The maximum atomic E-state index is 13.8. The minimum atomic E-state index is -1.39. The third-order valence-corrected chi connectivity index (χ3v) is 13.9. The first-order valence-corrected chi connectivity index (χ1v) is 15.4. The van der Waals surface area contributed by atoms with E-state index in [2.05, 4.69) is 37.3 Å². The van der Waals surface area contributed by atoms with E-state index in [0.29, 0.717) is 5.56 Å². The molecule has 4 heteroatoms. The van der Waals surface area contributed by atoms with E-state index in [0.717, 1.165) is 37.5 Å². The van der Waals surface area contributed by atoms with Crippen molar-refractivity contribution in [3.63, 3.8) is 0 Å². The van der Waals surface area contributed by atoms with Crippen molar-refractivity contribution >= 4 is 13.3 Å². The largest absolute Gasteiger partial charge is 0.503 e. The van der Waals surface area contributed by atoms with E-state index in [1.165, 1.54) is 62.4 Å². The van der Waals surface area contributed by atoms with E-state index < -0.39 is 25.5 Å². The van der Waals surface area contributed by atoms with E-state index in [9.17, 15) is 13.9 Å². The second-order valence-corrected chi connectivity index (χ2v) is 15.0. The summed E-state index contributed by atoms with van der Waals surface area (Å²) in [5.41, 5.74) is 0.714. The average molecular weight is 457 g/mol.